The van der Waals surface area contributed by atoms with Crippen LogP contribution in [0, 0.1) is 0 Å². The largest absolute Gasteiger partial charge is 0.508 e. The Morgan fingerprint density at radius 2 is 1.86 bits per heavy atom. The summed E-state index contributed by atoms with van der Waals surface area (Å²) < 4.78 is 6.18. The van der Waals surface area contributed by atoms with Crippen LogP contribution in [0.3, 0.4) is 0 Å². The topological polar surface area (TPSA) is 123 Å². The highest BCUT2D eigenvalue weighted by Crippen LogP contribution is 2.37. The lowest BCUT2D eigenvalue weighted by Gasteiger charge is -2.38. The number of hydrogen-bond donors (Lipinski definition) is 2. The van der Waals surface area contributed by atoms with E-state index in [1.807, 2.05) is 32.0 Å². The van der Waals surface area contributed by atoms with Crippen LogP contribution in [0.25, 0.3) is 10.8 Å². The van der Waals surface area contributed by atoms with E-state index in [2.05, 4.69) is 22.4 Å². The molecule has 0 aliphatic carbocycles. The molecule has 3 aliphatic rings. The summed E-state index contributed by atoms with van der Waals surface area (Å²) in [6, 6.07) is 11.5. The van der Waals surface area contributed by atoms with Gasteiger partial charge in [-0.05, 0) is 50.6 Å². The highest BCUT2D eigenvalue weighted by Gasteiger charge is 2.43. The summed E-state index contributed by atoms with van der Waals surface area (Å²) in [4.78, 5) is 41.6. The van der Waals surface area contributed by atoms with E-state index in [4.69, 9.17) is 14.7 Å². The molecular formula is C32H38N6O5. The number of anilines is 2. The number of benzene rings is 2. The van der Waals surface area contributed by atoms with Crippen LogP contribution in [0.5, 0.6) is 11.8 Å². The van der Waals surface area contributed by atoms with E-state index in [0.29, 0.717) is 45.6 Å². The summed E-state index contributed by atoms with van der Waals surface area (Å²) in [5, 5.41) is 22.4. The number of aromatic hydroxyl groups is 1. The first-order valence-corrected chi connectivity index (χ1v) is 14.8. The first-order valence-electron chi connectivity index (χ1n) is 14.8. The molecule has 3 aromatic rings. The molecule has 11 heteroatoms. The maximum absolute atomic E-state index is 12.2. The number of aromatic nitrogens is 2. The van der Waals surface area contributed by atoms with Crippen LogP contribution in [0.4, 0.5) is 16.3 Å². The number of hydrogen-bond acceptors (Lipinski definition) is 8. The summed E-state index contributed by atoms with van der Waals surface area (Å²) >= 11 is 0. The lowest BCUT2D eigenvalue weighted by molar-refractivity contribution is -0.126. The zero-order valence-corrected chi connectivity index (χ0v) is 24.7. The molecule has 4 heterocycles. The number of carbonyl (C=O) groups excluding carboxylic acids is 1. The molecule has 3 aliphatic heterocycles. The minimum absolute atomic E-state index is 0.0788. The Labute approximate surface area is 251 Å². The van der Waals surface area contributed by atoms with Gasteiger partial charge in [0, 0.05) is 61.0 Å². The lowest BCUT2D eigenvalue weighted by atomic mass is 10.0. The number of nitrogens with zero attached hydrogens (tertiary/aromatic N) is 6. The van der Waals surface area contributed by atoms with Gasteiger partial charge in [0.25, 0.3) is 0 Å². The third-order valence-electron chi connectivity index (χ3n) is 8.97. The van der Waals surface area contributed by atoms with Crippen molar-refractivity contribution in [3.8, 4) is 11.8 Å². The Morgan fingerprint density at radius 3 is 2.60 bits per heavy atom. The van der Waals surface area contributed by atoms with Crippen molar-refractivity contribution in [2.24, 2.45) is 0 Å². The van der Waals surface area contributed by atoms with E-state index in [-0.39, 0.29) is 30.3 Å². The number of rotatable bonds is 6. The van der Waals surface area contributed by atoms with Gasteiger partial charge in [-0.25, -0.2) is 4.79 Å². The van der Waals surface area contributed by atoms with Gasteiger partial charge in [-0.1, -0.05) is 30.8 Å². The van der Waals surface area contributed by atoms with Gasteiger partial charge < -0.3 is 29.6 Å². The van der Waals surface area contributed by atoms with Crippen LogP contribution in [-0.4, -0.2) is 92.9 Å². The number of piperazine rings is 1. The first kappa shape index (κ1) is 28.6. The molecule has 0 spiro atoms. The Balaban J connectivity index is 1.31. The van der Waals surface area contributed by atoms with Gasteiger partial charge in [0.1, 0.15) is 18.2 Å². The normalized spacial score (nSPS) is 19.8. The summed E-state index contributed by atoms with van der Waals surface area (Å²) in [6.45, 7) is 11.2. The van der Waals surface area contributed by atoms with Crippen molar-refractivity contribution in [2.45, 2.75) is 51.2 Å². The van der Waals surface area contributed by atoms with Crippen molar-refractivity contribution < 1.29 is 24.5 Å². The fraction of sp³-hybridized carbons (Fsp3) is 0.438. The first-order chi connectivity index (χ1) is 20.6. The second-order valence-corrected chi connectivity index (χ2v) is 12.1. The molecule has 6 rings (SSSR count). The van der Waals surface area contributed by atoms with Gasteiger partial charge in [-0.2, -0.15) is 9.97 Å². The van der Waals surface area contributed by atoms with E-state index in [1.165, 1.54) is 11.0 Å². The molecule has 11 nitrogen and oxygen atoms in total. The Bertz CT molecular complexity index is 1570. The van der Waals surface area contributed by atoms with Gasteiger partial charge in [-0.15, -0.1) is 0 Å². The Kier molecular flexibility index (Phi) is 7.49. The number of likely N-dealkylation sites (tertiary alicyclic amines) is 1. The fourth-order valence-electron chi connectivity index (χ4n) is 6.73. The Morgan fingerprint density at radius 1 is 1.09 bits per heavy atom. The van der Waals surface area contributed by atoms with Gasteiger partial charge in [0.15, 0.2) is 0 Å². The zero-order chi connectivity index (χ0) is 30.3. The number of ether oxygens (including phenoxy) is 1. The van der Waals surface area contributed by atoms with Crippen molar-refractivity contribution in [3.05, 3.63) is 60.3 Å². The molecule has 0 bridgehead atoms. The molecule has 2 aromatic carbocycles. The number of carbonyl (C=O) groups is 2. The predicted octanol–water partition coefficient (Wildman–Crippen LogP) is 4.03. The molecule has 226 valence electrons. The summed E-state index contributed by atoms with van der Waals surface area (Å²) in [7, 11) is 0. The SMILES string of the molecule is C=CC(=O)N1CCN(c2nc(OC[C@H]3CCC(C)(C)N3C(=O)O)nc3c2CCN(c2cc(O)cc4ccccc24)C3)CC1. The van der Waals surface area contributed by atoms with E-state index >= 15 is 0 Å². The third-order valence-corrected chi connectivity index (χ3v) is 8.97. The highest BCUT2D eigenvalue weighted by molar-refractivity contribution is 5.95. The quantitative estimate of drug-likeness (QED) is 0.412. The third kappa shape index (κ3) is 5.51. The summed E-state index contributed by atoms with van der Waals surface area (Å²) in [5.74, 6) is 0.930. The monoisotopic (exact) mass is 586 g/mol. The van der Waals surface area contributed by atoms with Crippen LogP contribution < -0.4 is 14.5 Å². The van der Waals surface area contributed by atoms with Crippen LogP contribution >= 0.6 is 0 Å². The molecule has 1 atom stereocenters. The van der Waals surface area contributed by atoms with Crippen LogP contribution in [0.15, 0.2) is 49.1 Å². The highest BCUT2D eigenvalue weighted by atomic mass is 16.5. The van der Waals surface area contributed by atoms with Gasteiger partial charge >= 0.3 is 12.1 Å². The molecule has 2 N–H and O–H groups in total. The van der Waals surface area contributed by atoms with Crippen molar-refractivity contribution >= 4 is 34.3 Å². The Hall–Kier alpha value is -4.54. The average molecular weight is 587 g/mol. The predicted molar refractivity (Wildman–Crippen MR) is 164 cm³/mol. The van der Waals surface area contributed by atoms with Crippen LogP contribution in [0.1, 0.15) is 37.9 Å². The van der Waals surface area contributed by atoms with Crippen molar-refractivity contribution in [2.75, 3.05) is 49.1 Å². The minimum atomic E-state index is -0.955. The maximum atomic E-state index is 12.2. The second kappa shape index (κ2) is 11.3. The van der Waals surface area contributed by atoms with Crippen molar-refractivity contribution in [1.29, 1.82) is 0 Å². The molecule has 43 heavy (non-hydrogen) atoms. The lowest BCUT2D eigenvalue weighted by Crippen LogP contribution is -2.49. The average Bonchev–Trinajstić information content (AvgIpc) is 3.32. The molecule has 2 saturated heterocycles. The maximum Gasteiger partial charge on any atom is 0.408 e. The van der Waals surface area contributed by atoms with Crippen molar-refractivity contribution in [1.82, 2.24) is 19.8 Å². The van der Waals surface area contributed by atoms with Gasteiger partial charge in [0.2, 0.25) is 5.91 Å². The molecule has 0 saturated carbocycles. The number of amides is 2. The zero-order valence-electron chi connectivity index (χ0n) is 24.7. The standard InChI is InChI=1S/C32H38N6O5/c1-4-28(40)35-13-15-36(16-14-35)29-25-10-12-37(27-18-23(39)17-21-7-5-6-8-24(21)27)19-26(25)33-30(34-29)43-20-22-9-11-32(2,3)38(22)31(41)42/h4-8,17-18,22,39H,1,9-16,19-20H2,2-3H3,(H,41,42)/t22-/m1/s1. The summed E-state index contributed by atoms with van der Waals surface area (Å²) in [6.07, 6.45) is 2.55. The van der Waals surface area contributed by atoms with Gasteiger partial charge in [-0.3, -0.25) is 9.69 Å². The number of phenolic OH excluding ortho intramolecular Hbond substituents is 1. The molecule has 2 amide bonds. The van der Waals surface area contributed by atoms with E-state index in [0.717, 1.165) is 46.5 Å². The van der Waals surface area contributed by atoms with Crippen molar-refractivity contribution in [3.63, 3.8) is 0 Å². The number of carboxylic acid groups (broad SMARTS) is 1. The molecular weight excluding hydrogens is 548 g/mol. The van der Waals surface area contributed by atoms with Gasteiger partial charge in [0.05, 0.1) is 18.3 Å². The summed E-state index contributed by atoms with van der Waals surface area (Å²) in [5.41, 5.74) is 2.36. The molecule has 1 aromatic heterocycles. The van der Waals surface area contributed by atoms with E-state index < -0.39 is 11.6 Å². The molecule has 0 radical (unpaired) electrons. The second-order valence-electron chi connectivity index (χ2n) is 12.1. The number of phenols is 1. The molecule has 0 unspecified atom stereocenters. The van der Waals surface area contributed by atoms with Crippen LogP contribution in [-0.2, 0) is 17.8 Å². The van der Waals surface area contributed by atoms with E-state index in [9.17, 15) is 19.8 Å². The smallest absolute Gasteiger partial charge is 0.408 e. The van der Waals surface area contributed by atoms with Crippen LogP contribution in [0.2, 0.25) is 0 Å². The molecule has 2 fully saturated rings. The van der Waals surface area contributed by atoms with E-state index in [1.54, 1.807) is 17.0 Å². The number of fused-ring (bicyclic) bond motifs is 2. The fourth-order valence-corrected chi connectivity index (χ4v) is 6.73. The minimum Gasteiger partial charge on any atom is -0.508 e.